The second kappa shape index (κ2) is 4.89. The van der Waals surface area contributed by atoms with Crippen molar-refractivity contribution in [3.8, 4) is 11.8 Å². The lowest BCUT2D eigenvalue weighted by molar-refractivity contribution is 0.299. The molecule has 0 saturated carbocycles. The highest BCUT2D eigenvalue weighted by molar-refractivity contribution is 8.18. The molecule has 0 bridgehead atoms. The monoisotopic (exact) mass is 246 g/mol. The van der Waals surface area contributed by atoms with Gasteiger partial charge >= 0.3 is 0 Å². The maximum absolute atomic E-state index is 5.85. The topological polar surface area (TPSA) is 9.23 Å². The maximum atomic E-state index is 5.85. The van der Waals surface area contributed by atoms with Crippen LogP contribution in [-0.2, 0) is 16.5 Å². The van der Waals surface area contributed by atoms with Crippen LogP contribution in [0.3, 0.4) is 0 Å². The third-order valence-electron chi connectivity index (χ3n) is 2.31. The zero-order valence-corrected chi connectivity index (χ0v) is 12.7. The molecule has 15 heavy (non-hydrogen) atoms. The van der Waals surface area contributed by atoms with Crippen LogP contribution in [0.1, 0.15) is 48.5 Å². The number of ether oxygens (including phenoxy) is 1. The van der Waals surface area contributed by atoms with Crippen LogP contribution in [0.4, 0.5) is 0 Å². The molecule has 1 nitrogen and oxygen atoms in total. The highest BCUT2D eigenvalue weighted by Crippen LogP contribution is 2.66. The average Bonchev–Trinajstić information content (AvgIpc) is 2.00. The van der Waals surface area contributed by atoms with Gasteiger partial charge in [0, 0.05) is 16.3 Å². The van der Waals surface area contributed by atoms with Crippen molar-refractivity contribution in [2.24, 2.45) is 0 Å². The van der Waals surface area contributed by atoms with Gasteiger partial charge < -0.3 is 4.74 Å². The molecule has 3 heteroatoms. The Labute approximate surface area is 100.0 Å². The van der Waals surface area contributed by atoms with Crippen molar-refractivity contribution in [2.75, 3.05) is 6.61 Å². The largest absolute Gasteiger partial charge is 0.447 e. The molecule has 0 fully saturated rings. The van der Waals surface area contributed by atoms with Crippen LogP contribution in [-0.4, -0.2) is 16.9 Å². The maximum Gasteiger partial charge on any atom is 0.115 e. The van der Waals surface area contributed by atoms with E-state index in [4.69, 9.17) is 16.5 Å². The molecule has 0 amide bonds. The molecule has 0 unspecified atom stereocenters. The van der Waals surface area contributed by atoms with Crippen molar-refractivity contribution in [3.05, 3.63) is 0 Å². The van der Waals surface area contributed by atoms with E-state index in [1.807, 2.05) is 6.92 Å². The molecule has 0 N–H and O–H groups in total. The van der Waals surface area contributed by atoms with Gasteiger partial charge in [-0.3, -0.25) is 0 Å². The van der Waals surface area contributed by atoms with E-state index in [1.165, 1.54) is 0 Å². The van der Waals surface area contributed by atoms with Crippen molar-refractivity contribution in [2.45, 2.75) is 58.8 Å². The highest BCUT2D eigenvalue weighted by atomic mass is 32.4. The predicted molar refractivity (Wildman–Crippen MR) is 73.2 cm³/mol. The predicted octanol–water partition coefficient (Wildman–Crippen LogP) is 4.02. The summed E-state index contributed by atoms with van der Waals surface area (Å²) in [4.78, 5) is 0. The fourth-order valence-electron chi connectivity index (χ4n) is 1.51. The summed E-state index contributed by atoms with van der Waals surface area (Å²) < 4.78 is 5.12. The van der Waals surface area contributed by atoms with E-state index in [-0.39, 0.29) is 10.3 Å². The van der Waals surface area contributed by atoms with Gasteiger partial charge in [0.05, 0.1) is 6.61 Å². The first-order chi connectivity index (χ1) is 6.56. The Morgan fingerprint density at radius 3 is 1.73 bits per heavy atom. The lowest BCUT2D eigenvalue weighted by Gasteiger charge is -2.40. The first-order valence-electron chi connectivity index (χ1n) is 5.30. The lowest BCUT2D eigenvalue weighted by Crippen LogP contribution is -2.27. The van der Waals surface area contributed by atoms with Gasteiger partial charge in [0.2, 0.25) is 0 Å². The molecule has 0 aromatic carbocycles. The van der Waals surface area contributed by atoms with E-state index in [0.29, 0.717) is 6.61 Å². The van der Waals surface area contributed by atoms with Crippen molar-refractivity contribution in [1.82, 2.24) is 0 Å². The van der Waals surface area contributed by atoms with Crippen LogP contribution in [0.5, 0.6) is 0 Å². The zero-order valence-electron chi connectivity index (χ0n) is 11.0. The fourth-order valence-corrected chi connectivity index (χ4v) is 4.50. The molecular weight excluding hydrogens is 223 g/mol. The lowest BCUT2D eigenvalue weighted by atomic mass is 10.2. The second-order valence-corrected chi connectivity index (χ2v) is 11.4. The molecular formula is C12H23OPS. The molecule has 0 aromatic heterocycles. The molecule has 0 saturated heterocycles. The molecule has 88 valence electrons. The third kappa shape index (κ3) is 3.51. The van der Waals surface area contributed by atoms with Crippen LogP contribution < -0.4 is 0 Å². The van der Waals surface area contributed by atoms with Crippen molar-refractivity contribution in [3.63, 3.8) is 0 Å². The van der Waals surface area contributed by atoms with Crippen molar-refractivity contribution in [1.29, 1.82) is 0 Å². The average molecular weight is 246 g/mol. The summed E-state index contributed by atoms with van der Waals surface area (Å²) in [6, 6.07) is -1.77. The van der Waals surface area contributed by atoms with Gasteiger partial charge in [0.25, 0.3) is 0 Å². The second-order valence-electron chi connectivity index (χ2n) is 5.60. The van der Waals surface area contributed by atoms with Gasteiger partial charge in [0.1, 0.15) is 6.11 Å². The Morgan fingerprint density at radius 1 is 1.07 bits per heavy atom. The number of hydrogen-bond acceptors (Lipinski definition) is 2. The van der Waals surface area contributed by atoms with Gasteiger partial charge in [-0.25, -0.2) is 0 Å². The van der Waals surface area contributed by atoms with Crippen LogP contribution >= 0.6 is 6.04 Å². The number of rotatable bonds is 1. The standard InChI is InChI=1S/C12H23OPS/c1-8-13-9-10-14(15,11(2,3)4)12(5,6)7/h8H2,1-7H3. The number of hydrogen-bond donors (Lipinski definition) is 0. The first-order valence-corrected chi connectivity index (χ1v) is 8.11. The Balaban J connectivity index is 5.30. The van der Waals surface area contributed by atoms with Crippen LogP contribution in [0.2, 0.25) is 0 Å². The third-order valence-corrected chi connectivity index (χ3v) is 10.1. The smallest absolute Gasteiger partial charge is 0.115 e. The van der Waals surface area contributed by atoms with Crippen LogP contribution in [0.25, 0.3) is 0 Å². The SMILES string of the molecule is CCOC#CP(=S)(C(C)(C)C)C(C)(C)C. The minimum absolute atomic E-state index is 0.0602. The van der Waals surface area contributed by atoms with Gasteiger partial charge in [-0.05, 0) is 12.6 Å². The summed E-state index contributed by atoms with van der Waals surface area (Å²) >= 11 is 5.85. The molecule has 0 aliphatic heterocycles. The van der Waals surface area contributed by atoms with Crippen molar-refractivity contribution < 1.29 is 4.74 Å². The highest BCUT2D eigenvalue weighted by Gasteiger charge is 2.40. The summed E-state index contributed by atoms with van der Waals surface area (Å²) in [6.07, 6.45) is 2.78. The summed E-state index contributed by atoms with van der Waals surface area (Å²) in [5.74, 6) is 0. The van der Waals surface area contributed by atoms with E-state index in [0.717, 1.165) is 0 Å². The Morgan fingerprint density at radius 2 is 1.47 bits per heavy atom. The Bertz CT molecular complexity index is 291. The Hall–Kier alpha value is 0.01000. The molecule has 0 aliphatic carbocycles. The summed E-state index contributed by atoms with van der Waals surface area (Å²) in [6.45, 7) is 15.6. The van der Waals surface area contributed by atoms with Gasteiger partial charge in [-0.15, -0.1) is 0 Å². The molecule has 0 aliphatic rings. The minimum atomic E-state index is -1.77. The van der Waals surface area contributed by atoms with E-state index in [9.17, 15) is 0 Å². The summed E-state index contributed by atoms with van der Waals surface area (Å²) in [5, 5.41) is 0.120. The fraction of sp³-hybridized carbons (Fsp3) is 0.833. The zero-order chi connectivity index (χ0) is 12.3. The normalized spacial score (nSPS) is 13.0. The van der Waals surface area contributed by atoms with Gasteiger partial charge in [-0.1, -0.05) is 53.3 Å². The summed E-state index contributed by atoms with van der Waals surface area (Å²) in [5.41, 5.74) is 3.23. The first kappa shape index (κ1) is 15.0. The Kier molecular flexibility index (Phi) is 4.90. The van der Waals surface area contributed by atoms with E-state index >= 15 is 0 Å². The van der Waals surface area contributed by atoms with Gasteiger partial charge in [-0.2, -0.15) is 0 Å². The van der Waals surface area contributed by atoms with Crippen molar-refractivity contribution >= 4 is 17.8 Å². The van der Waals surface area contributed by atoms with Gasteiger partial charge in [0.15, 0.2) is 0 Å². The van der Waals surface area contributed by atoms with Crippen LogP contribution in [0, 0.1) is 11.8 Å². The molecule has 0 radical (unpaired) electrons. The van der Waals surface area contributed by atoms with E-state index < -0.39 is 6.04 Å². The van der Waals surface area contributed by atoms with Crippen LogP contribution in [0.15, 0.2) is 0 Å². The van der Waals surface area contributed by atoms with E-state index in [1.54, 1.807) is 0 Å². The quantitative estimate of drug-likeness (QED) is 0.510. The summed E-state index contributed by atoms with van der Waals surface area (Å²) in [7, 11) is 0. The molecule has 0 aromatic rings. The molecule has 0 heterocycles. The molecule has 0 rings (SSSR count). The minimum Gasteiger partial charge on any atom is -0.447 e. The van der Waals surface area contributed by atoms with E-state index in [2.05, 4.69) is 53.3 Å². The molecule has 0 spiro atoms. The molecule has 0 atom stereocenters.